The summed E-state index contributed by atoms with van der Waals surface area (Å²) in [5.74, 6) is -0.783. The van der Waals surface area contributed by atoms with Crippen LogP contribution in [0.1, 0.15) is 11.3 Å². The molecule has 1 aromatic heterocycles. The van der Waals surface area contributed by atoms with Gasteiger partial charge in [-0.2, -0.15) is 0 Å². The maximum atomic E-state index is 10.2. The Morgan fingerprint density at radius 1 is 1.73 bits per heavy atom. The first-order valence-electron chi connectivity index (χ1n) is 3.14. The van der Waals surface area contributed by atoms with Crippen LogP contribution in [0.5, 0.6) is 0 Å². The molecule has 0 saturated carbocycles. The van der Waals surface area contributed by atoms with E-state index in [1.165, 1.54) is 11.3 Å². The van der Waals surface area contributed by atoms with Crippen LogP contribution in [0.25, 0.3) is 0 Å². The largest absolute Gasteiger partial charge is 0.481 e. The van der Waals surface area contributed by atoms with Crippen molar-refractivity contribution in [2.45, 2.75) is 12.8 Å². The number of aliphatic carboxylic acids is 1. The van der Waals surface area contributed by atoms with Crippen LogP contribution >= 0.6 is 22.9 Å². The molecule has 0 aliphatic rings. The summed E-state index contributed by atoms with van der Waals surface area (Å²) in [7, 11) is 0. The summed E-state index contributed by atoms with van der Waals surface area (Å²) in [5, 5.41) is 10.9. The van der Waals surface area contributed by atoms with Gasteiger partial charge in [0.2, 0.25) is 0 Å². The van der Waals surface area contributed by atoms with Crippen LogP contribution in [0.2, 0.25) is 5.02 Å². The highest BCUT2D eigenvalue weighted by Crippen LogP contribution is 2.22. The van der Waals surface area contributed by atoms with Crippen molar-refractivity contribution >= 4 is 28.9 Å². The molecule has 1 heterocycles. The van der Waals surface area contributed by atoms with E-state index < -0.39 is 5.97 Å². The van der Waals surface area contributed by atoms with Gasteiger partial charge in [-0.15, -0.1) is 11.3 Å². The van der Waals surface area contributed by atoms with E-state index in [2.05, 4.69) is 0 Å². The number of carbonyl (C=O) groups is 1. The summed E-state index contributed by atoms with van der Waals surface area (Å²) in [6, 6.07) is 1.78. The maximum absolute atomic E-state index is 10.2. The van der Waals surface area contributed by atoms with Gasteiger partial charge in [-0.05, 0) is 17.9 Å². The van der Waals surface area contributed by atoms with Gasteiger partial charge in [0, 0.05) is 4.88 Å². The molecule has 4 heteroatoms. The first-order valence-corrected chi connectivity index (χ1v) is 4.39. The van der Waals surface area contributed by atoms with Crippen LogP contribution in [-0.4, -0.2) is 11.1 Å². The second-order valence-corrected chi connectivity index (χ2v) is 3.49. The number of carboxylic acid groups (broad SMARTS) is 1. The van der Waals surface area contributed by atoms with Gasteiger partial charge in [0.1, 0.15) is 0 Å². The number of carboxylic acids is 1. The lowest BCUT2D eigenvalue weighted by Crippen LogP contribution is -1.95. The predicted octanol–water partition coefficient (Wildman–Crippen LogP) is 2.42. The van der Waals surface area contributed by atoms with E-state index in [4.69, 9.17) is 16.7 Å². The number of rotatable bonds is 3. The molecule has 0 radical (unpaired) electrons. The van der Waals surface area contributed by atoms with Gasteiger partial charge in [-0.25, -0.2) is 0 Å². The number of halogens is 1. The van der Waals surface area contributed by atoms with Gasteiger partial charge in [0.25, 0.3) is 0 Å². The lowest BCUT2D eigenvalue weighted by atomic mass is 10.3. The monoisotopic (exact) mass is 190 g/mol. The number of aryl methyl sites for hydroxylation is 1. The Morgan fingerprint density at radius 2 is 2.45 bits per heavy atom. The van der Waals surface area contributed by atoms with Crippen LogP contribution in [0.15, 0.2) is 11.4 Å². The van der Waals surface area contributed by atoms with Crippen molar-refractivity contribution in [3.63, 3.8) is 0 Å². The van der Waals surface area contributed by atoms with Gasteiger partial charge in [0.05, 0.1) is 11.4 Å². The third-order valence-electron chi connectivity index (χ3n) is 1.26. The van der Waals surface area contributed by atoms with E-state index in [0.717, 1.165) is 4.88 Å². The molecule has 1 N–H and O–H groups in total. The predicted molar refractivity (Wildman–Crippen MR) is 45.3 cm³/mol. The van der Waals surface area contributed by atoms with Crippen LogP contribution < -0.4 is 0 Å². The second-order valence-electron chi connectivity index (χ2n) is 2.09. The van der Waals surface area contributed by atoms with E-state index in [0.29, 0.717) is 11.4 Å². The molecule has 0 amide bonds. The second kappa shape index (κ2) is 3.74. The minimum absolute atomic E-state index is 0.153. The van der Waals surface area contributed by atoms with Crippen molar-refractivity contribution in [2.75, 3.05) is 0 Å². The van der Waals surface area contributed by atoms with Crippen molar-refractivity contribution in [1.82, 2.24) is 0 Å². The van der Waals surface area contributed by atoms with E-state index in [-0.39, 0.29) is 6.42 Å². The SMILES string of the molecule is O=C(O)CCc1sccc1Cl. The molecule has 0 fully saturated rings. The Bertz CT molecular complexity index is 257. The molecule has 0 bridgehead atoms. The third-order valence-corrected chi connectivity index (χ3v) is 2.70. The van der Waals surface area contributed by atoms with Crippen LogP contribution in [0, 0.1) is 0 Å². The highest BCUT2D eigenvalue weighted by Gasteiger charge is 2.03. The molecule has 0 aromatic carbocycles. The molecule has 0 aliphatic carbocycles. The highest BCUT2D eigenvalue weighted by atomic mass is 35.5. The van der Waals surface area contributed by atoms with E-state index in [1.807, 2.05) is 5.38 Å². The topological polar surface area (TPSA) is 37.3 Å². The zero-order chi connectivity index (χ0) is 8.27. The normalized spacial score (nSPS) is 9.91. The molecular formula is C7H7ClO2S. The lowest BCUT2D eigenvalue weighted by molar-refractivity contribution is -0.136. The van der Waals surface area contributed by atoms with Gasteiger partial charge < -0.3 is 5.11 Å². The summed E-state index contributed by atoms with van der Waals surface area (Å²) < 4.78 is 0. The Hall–Kier alpha value is -0.540. The molecule has 60 valence electrons. The zero-order valence-corrected chi connectivity index (χ0v) is 7.28. The van der Waals surface area contributed by atoms with E-state index in [1.54, 1.807) is 6.07 Å². The fraction of sp³-hybridized carbons (Fsp3) is 0.286. The summed E-state index contributed by atoms with van der Waals surface area (Å²) in [5.41, 5.74) is 0. The Balaban J connectivity index is 2.51. The Kier molecular flexibility index (Phi) is 2.91. The highest BCUT2D eigenvalue weighted by molar-refractivity contribution is 7.10. The third kappa shape index (κ3) is 2.52. The minimum Gasteiger partial charge on any atom is -0.481 e. The van der Waals surface area contributed by atoms with Crippen molar-refractivity contribution < 1.29 is 9.90 Å². The van der Waals surface area contributed by atoms with Gasteiger partial charge >= 0.3 is 5.97 Å². The maximum Gasteiger partial charge on any atom is 0.303 e. The quantitative estimate of drug-likeness (QED) is 0.795. The zero-order valence-electron chi connectivity index (χ0n) is 5.71. The summed E-state index contributed by atoms with van der Waals surface area (Å²) >= 11 is 7.24. The number of hydrogen-bond acceptors (Lipinski definition) is 2. The van der Waals surface area contributed by atoms with E-state index in [9.17, 15) is 4.79 Å². The molecule has 0 unspecified atom stereocenters. The summed E-state index contributed by atoms with van der Waals surface area (Å²) in [6.07, 6.45) is 0.687. The minimum atomic E-state index is -0.783. The van der Waals surface area contributed by atoms with Crippen molar-refractivity contribution in [2.24, 2.45) is 0 Å². The number of hydrogen-bond donors (Lipinski definition) is 1. The fourth-order valence-electron chi connectivity index (χ4n) is 0.724. The van der Waals surface area contributed by atoms with Crippen LogP contribution in [0.4, 0.5) is 0 Å². The first kappa shape index (κ1) is 8.56. The van der Waals surface area contributed by atoms with Gasteiger partial charge in [-0.1, -0.05) is 11.6 Å². The molecule has 11 heavy (non-hydrogen) atoms. The molecule has 0 saturated heterocycles. The van der Waals surface area contributed by atoms with Crippen LogP contribution in [-0.2, 0) is 11.2 Å². The van der Waals surface area contributed by atoms with Gasteiger partial charge in [0.15, 0.2) is 0 Å². The molecular weight excluding hydrogens is 184 g/mol. The van der Waals surface area contributed by atoms with E-state index >= 15 is 0 Å². The van der Waals surface area contributed by atoms with Crippen molar-refractivity contribution in [1.29, 1.82) is 0 Å². The molecule has 1 aromatic rings. The van der Waals surface area contributed by atoms with Crippen molar-refractivity contribution in [3.05, 3.63) is 21.3 Å². The molecule has 0 spiro atoms. The fourth-order valence-corrected chi connectivity index (χ4v) is 1.86. The Labute approximate surface area is 73.4 Å². The average molecular weight is 191 g/mol. The smallest absolute Gasteiger partial charge is 0.303 e. The van der Waals surface area contributed by atoms with Gasteiger partial charge in [-0.3, -0.25) is 4.79 Å². The lowest BCUT2D eigenvalue weighted by Gasteiger charge is -1.92. The van der Waals surface area contributed by atoms with Crippen LogP contribution in [0.3, 0.4) is 0 Å². The first-order chi connectivity index (χ1) is 5.20. The molecule has 0 atom stereocenters. The molecule has 2 nitrogen and oxygen atoms in total. The summed E-state index contributed by atoms with van der Waals surface area (Å²) in [6.45, 7) is 0. The molecule has 1 rings (SSSR count). The molecule has 0 aliphatic heterocycles. The Morgan fingerprint density at radius 3 is 2.91 bits per heavy atom. The number of thiophene rings is 1. The average Bonchev–Trinajstić information content (AvgIpc) is 2.31. The standard InChI is InChI=1S/C7H7ClO2S/c8-5-3-4-11-6(5)1-2-7(9)10/h3-4H,1-2H2,(H,9,10). The summed E-state index contributed by atoms with van der Waals surface area (Å²) in [4.78, 5) is 11.1. The van der Waals surface area contributed by atoms with Crippen molar-refractivity contribution in [3.8, 4) is 0 Å².